The summed E-state index contributed by atoms with van der Waals surface area (Å²) in [6.45, 7) is 2.16. The fourth-order valence-electron chi connectivity index (χ4n) is 3.18. The van der Waals surface area contributed by atoms with Gasteiger partial charge in [0.2, 0.25) is 15.9 Å². The number of hydrogen-bond acceptors (Lipinski definition) is 7. The number of aliphatic hydroxyl groups is 1. The lowest BCUT2D eigenvalue weighted by Crippen LogP contribution is -2.35. The zero-order valence-corrected chi connectivity index (χ0v) is 16.1. The number of β-amino-alcohol motifs (C(OH)–C–C–N with tert-alkyl or cyclic N) is 1. The van der Waals surface area contributed by atoms with Crippen molar-refractivity contribution < 1.29 is 18.3 Å². The molecule has 0 aromatic rings. The molecule has 0 spiro atoms. The minimum Gasteiger partial charge on any atom is -0.391 e. The van der Waals surface area contributed by atoms with Gasteiger partial charge in [-0.25, -0.2) is 12.7 Å². The molecule has 1 amide bonds. The van der Waals surface area contributed by atoms with E-state index in [0.717, 1.165) is 34.7 Å². The number of aliphatic imine (C=N–C) groups is 1. The molecule has 8 nitrogen and oxygen atoms in total. The smallest absolute Gasteiger partial charge is 0.228 e. The topological polar surface area (TPSA) is 93.5 Å². The lowest BCUT2D eigenvalue weighted by atomic mass is 10.1. The van der Waals surface area contributed by atoms with E-state index in [0.29, 0.717) is 0 Å². The van der Waals surface area contributed by atoms with Crippen molar-refractivity contribution in [2.75, 3.05) is 46.0 Å². The Morgan fingerprint density at radius 1 is 1.44 bits per heavy atom. The van der Waals surface area contributed by atoms with Crippen LogP contribution in [0, 0.1) is 5.92 Å². The highest BCUT2D eigenvalue weighted by Crippen LogP contribution is 2.31. The number of likely N-dealkylation sites (tertiary alicyclic amines) is 1. The van der Waals surface area contributed by atoms with Gasteiger partial charge in [0.25, 0.3) is 0 Å². The molecule has 3 rings (SSSR count). The highest BCUT2D eigenvalue weighted by Gasteiger charge is 2.38. The van der Waals surface area contributed by atoms with E-state index in [2.05, 4.69) is 9.89 Å². The Bertz CT molecular complexity index is 704. The summed E-state index contributed by atoms with van der Waals surface area (Å²) in [5.41, 5.74) is 0.937. The third kappa shape index (κ3) is 4.02. The number of rotatable bonds is 5. The van der Waals surface area contributed by atoms with E-state index in [1.807, 2.05) is 5.41 Å². The number of hydrogen-bond donors (Lipinski definition) is 1. The third-order valence-corrected chi connectivity index (χ3v) is 7.65. The van der Waals surface area contributed by atoms with E-state index in [1.54, 1.807) is 16.7 Å². The Hall–Kier alpha value is -1.10. The molecular formula is C15H24N4O4S2. The van der Waals surface area contributed by atoms with E-state index < -0.39 is 22.0 Å². The highest BCUT2D eigenvalue weighted by molar-refractivity contribution is 8.16. The number of carbonyl (C=O) groups excluding carboxylic acids is 1. The molecule has 0 aliphatic carbocycles. The standard InChI is InChI=1S/C15H24N4O4S2/c1-17(2)25(22,23)10-11-7-18(8-13(11)20)14(21)6-12-9-24-15-16-4-3-5-19(12)15/h9,11,13,20H,3-8,10H2,1-2H3/t11-,13-/m0/s1. The van der Waals surface area contributed by atoms with E-state index in [9.17, 15) is 18.3 Å². The summed E-state index contributed by atoms with van der Waals surface area (Å²) in [6.07, 6.45) is 0.423. The van der Waals surface area contributed by atoms with Gasteiger partial charge < -0.3 is 14.9 Å². The number of amidine groups is 1. The highest BCUT2D eigenvalue weighted by atomic mass is 32.2. The molecule has 0 aromatic heterocycles. The Morgan fingerprint density at radius 3 is 2.92 bits per heavy atom. The maximum Gasteiger partial charge on any atom is 0.228 e. The molecule has 25 heavy (non-hydrogen) atoms. The van der Waals surface area contributed by atoms with Crippen LogP contribution in [-0.2, 0) is 14.8 Å². The molecule has 3 heterocycles. The third-order valence-electron chi connectivity index (χ3n) is 4.74. The molecule has 0 bridgehead atoms. The van der Waals surface area contributed by atoms with E-state index in [-0.39, 0.29) is 31.2 Å². The summed E-state index contributed by atoms with van der Waals surface area (Å²) in [7, 11) is -0.458. The summed E-state index contributed by atoms with van der Waals surface area (Å²) in [6, 6.07) is 0. The van der Waals surface area contributed by atoms with Crippen LogP contribution >= 0.6 is 11.8 Å². The van der Waals surface area contributed by atoms with Crippen molar-refractivity contribution in [3.8, 4) is 0 Å². The van der Waals surface area contributed by atoms with Gasteiger partial charge in [-0.3, -0.25) is 9.79 Å². The van der Waals surface area contributed by atoms with Crippen LogP contribution in [0.25, 0.3) is 0 Å². The molecular weight excluding hydrogens is 364 g/mol. The zero-order chi connectivity index (χ0) is 18.2. The van der Waals surface area contributed by atoms with Gasteiger partial charge in [-0.05, 0) is 11.8 Å². The first-order valence-electron chi connectivity index (χ1n) is 8.31. The first-order chi connectivity index (χ1) is 11.8. The molecule has 140 valence electrons. The predicted molar refractivity (Wildman–Crippen MR) is 97.5 cm³/mol. The van der Waals surface area contributed by atoms with Gasteiger partial charge >= 0.3 is 0 Å². The Labute approximate surface area is 152 Å². The fourth-order valence-corrected chi connectivity index (χ4v) is 5.30. The van der Waals surface area contributed by atoms with Crippen LogP contribution in [0.1, 0.15) is 12.8 Å². The molecule has 2 atom stereocenters. The molecule has 3 aliphatic heterocycles. The first-order valence-corrected chi connectivity index (χ1v) is 10.8. The summed E-state index contributed by atoms with van der Waals surface area (Å²) in [4.78, 5) is 20.7. The van der Waals surface area contributed by atoms with Gasteiger partial charge in [0.1, 0.15) is 0 Å². The van der Waals surface area contributed by atoms with Crippen LogP contribution in [0.4, 0.5) is 0 Å². The van der Waals surface area contributed by atoms with Crippen molar-refractivity contribution in [1.29, 1.82) is 0 Å². The molecule has 1 fully saturated rings. The van der Waals surface area contributed by atoms with Crippen LogP contribution < -0.4 is 0 Å². The summed E-state index contributed by atoms with van der Waals surface area (Å²) >= 11 is 1.54. The average molecular weight is 389 g/mol. The van der Waals surface area contributed by atoms with Crippen LogP contribution in [-0.4, -0.2) is 90.8 Å². The molecule has 0 aromatic carbocycles. The minimum atomic E-state index is -3.41. The van der Waals surface area contributed by atoms with Crippen LogP contribution in [0.15, 0.2) is 16.1 Å². The minimum absolute atomic E-state index is 0.0810. The number of amides is 1. The second kappa shape index (κ2) is 7.26. The fraction of sp³-hybridized carbons (Fsp3) is 0.733. The number of fused-ring (bicyclic) bond motifs is 1. The van der Waals surface area contributed by atoms with Crippen molar-refractivity contribution in [2.45, 2.75) is 18.9 Å². The maximum absolute atomic E-state index is 12.6. The number of nitrogens with zero attached hydrogens (tertiary/aromatic N) is 4. The van der Waals surface area contributed by atoms with E-state index in [1.165, 1.54) is 14.1 Å². The van der Waals surface area contributed by atoms with Crippen molar-refractivity contribution in [3.05, 3.63) is 11.1 Å². The van der Waals surface area contributed by atoms with Gasteiger partial charge in [0, 0.05) is 51.9 Å². The van der Waals surface area contributed by atoms with Gasteiger partial charge in [0.05, 0.1) is 18.3 Å². The normalized spacial score (nSPS) is 26.7. The first kappa shape index (κ1) is 18.7. The lowest BCUT2D eigenvalue weighted by Gasteiger charge is -2.26. The second-order valence-corrected chi connectivity index (χ2v) is 9.82. The Kier molecular flexibility index (Phi) is 5.42. The maximum atomic E-state index is 12.6. The lowest BCUT2D eigenvalue weighted by molar-refractivity contribution is -0.130. The summed E-state index contributed by atoms with van der Waals surface area (Å²) < 4.78 is 25.2. The van der Waals surface area contributed by atoms with Crippen molar-refractivity contribution >= 4 is 32.9 Å². The molecule has 0 saturated carbocycles. The van der Waals surface area contributed by atoms with Gasteiger partial charge in [-0.2, -0.15) is 0 Å². The molecule has 1 saturated heterocycles. The zero-order valence-electron chi connectivity index (χ0n) is 14.5. The molecule has 1 N–H and O–H groups in total. The van der Waals surface area contributed by atoms with Crippen molar-refractivity contribution in [1.82, 2.24) is 14.1 Å². The van der Waals surface area contributed by atoms with E-state index in [4.69, 9.17) is 0 Å². The molecule has 0 unspecified atom stereocenters. The van der Waals surface area contributed by atoms with Crippen LogP contribution in [0.2, 0.25) is 0 Å². The average Bonchev–Trinajstić information content (AvgIpc) is 3.12. The summed E-state index contributed by atoms with van der Waals surface area (Å²) in [5, 5.41) is 13.1. The van der Waals surface area contributed by atoms with E-state index >= 15 is 0 Å². The van der Waals surface area contributed by atoms with Gasteiger partial charge in [0.15, 0.2) is 5.17 Å². The van der Waals surface area contributed by atoms with Crippen molar-refractivity contribution in [2.24, 2.45) is 10.9 Å². The molecule has 10 heteroatoms. The number of thioether (sulfide) groups is 1. The Balaban J connectivity index is 1.59. The number of carbonyl (C=O) groups is 1. The Morgan fingerprint density at radius 2 is 2.20 bits per heavy atom. The molecule has 0 radical (unpaired) electrons. The monoisotopic (exact) mass is 388 g/mol. The van der Waals surface area contributed by atoms with Crippen LogP contribution in [0.5, 0.6) is 0 Å². The quantitative estimate of drug-likeness (QED) is 0.697. The summed E-state index contributed by atoms with van der Waals surface area (Å²) in [5.74, 6) is -0.676. The van der Waals surface area contributed by atoms with Crippen LogP contribution in [0.3, 0.4) is 0 Å². The molecule has 3 aliphatic rings. The predicted octanol–water partition coefficient (Wildman–Crippen LogP) is -0.263. The van der Waals surface area contributed by atoms with Crippen molar-refractivity contribution in [3.63, 3.8) is 0 Å². The SMILES string of the molecule is CN(C)S(=O)(=O)C[C@@H]1CN(C(=O)CC2=CSC3=NCCCN23)C[C@@H]1O. The largest absolute Gasteiger partial charge is 0.391 e. The number of aliphatic hydroxyl groups excluding tert-OH is 1. The second-order valence-electron chi connectivity index (χ2n) is 6.76. The van der Waals surface area contributed by atoms with Gasteiger partial charge in [-0.1, -0.05) is 11.8 Å². The van der Waals surface area contributed by atoms with Gasteiger partial charge in [-0.15, -0.1) is 0 Å². The number of sulfonamides is 1.